The molecule has 1 aromatic heterocycles. The van der Waals surface area contributed by atoms with E-state index in [-0.39, 0.29) is 24.4 Å². The minimum atomic E-state index is -0.0725. The number of nitrogens with zero attached hydrogens (tertiary/aromatic N) is 2. The van der Waals surface area contributed by atoms with Crippen molar-refractivity contribution in [2.24, 2.45) is 5.73 Å². The first-order valence-corrected chi connectivity index (χ1v) is 7.21. The maximum absolute atomic E-state index is 11.8. The van der Waals surface area contributed by atoms with Crippen molar-refractivity contribution < 1.29 is 9.53 Å². The number of anilines is 1. The van der Waals surface area contributed by atoms with E-state index >= 15 is 0 Å². The van der Waals surface area contributed by atoms with E-state index in [9.17, 15) is 4.79 Å². The fourth-order valence-corrected chi connectivity index (χ4v) is 1.83. The van der Waals surface area contributed by atoms with Crippen molar-refractivity contribution in [3.8, 4) is 11.4 Å². The fourth-order valence-electron chi connectivity index (χ4n) is 1.83. The number of H-pyrrole nitrogens is 1. The summed E-state index contributed by atoms with van der Waals surface area (Å²) < 4.78 is 5.35. The first-order chi connectivity index (χ1) is 10.6. The molecule has 0 aliphatic heterocycles. The number of benzene rings is 1. The maximum atomic E-state index is 11.8. The van der Waals surface area contributed by atoms with Crippen molar-refractivity contribution in [2.45, 2.75) is 32.9 Å². The molecule has 0 atom stereocenters. The molecule has 4 N–H and O–H groups in total. The largest absolute Gasteiger partial charge is 0.378 e. The number of hydrogen-bond donors (Lipinski definition) is 3. The number of amides is 1. The predicted molar refractivity (Wildman–Crippen MR) is 91.3 cm³/mol. The number of nitrogens with one attached hydrogen (secondary N) is 2. The summed E-state index contributed by atoms with van der Waals surface area (Å²) in [5, 5.41) is 9.67. The molecular formula is C15H22ClN5O2. The summed E-state index contributed by atoms with van der Waals surface area (Å²) in [6, 6.07) is 7.33. The molecule has 2 rings (SSSR count). The molecule has 8 heteroatoms. The topological polar surface area (TPSA) is 106 Å². The van der Waals surface area contributed by atoms with Crippen molar-refractivity contribution in [3.63, 3.8) is 0 Å². The summed E-state index contributed by atoms with van der Waals surface area (Å²) in [6.07, 6.45) is 0.465. The zero-order valence-corrected chi connectivity index (χ0v) is 14.0. The Morgan fingerprint density at radius 3 is 2.61 bits per heavy atom. The Labute approximate surface area is 141 Å². The van der Waals surface area contributed by atoms with Crippen LogP contribution in [-0.2, 0) is 16.1 Å². The van der Waals surface area contributed by atoms with Crippen molar-refractivity contribution in [1.82, 2.24) is 15.2 Å². The van der Waals surface area contributed by atoms with Gasteiger partial charge in [-0.05, 0) is 38.1 Å². The second-order valence-electron chi connectivity index (χ2n) is 5.10. The molecule has 7 nitrogen and oxygen atoms in total. The van der Waals surface area contributed by atoms with E-state index in [1.54, 1.807) is 0 Å². The number of carbonyl (C=O) groups excluding carboxylic acids is 1. The van der Waals surface area contributed by atoms with Crippen LogP contribution in [0.1, 0.15) is 26.1 Å². The molecule has 2 aromatic rings. The summed E-state index contributed by atoms with van der Waals surface area (Å²) in [5.74, 6) is 1.15. The van der Waals surface area contributed by atoms with Crippen molar-refractivity contribution in [1.29, 1.82) is 0 Å². The Morgan fingerprint density at radius 1 is 1.35 bits per heavy atom. The van der Waals surface area contributed by atoms with E-state index in [1.807, 2.05) is 38.1 Å². The number of aromatic nitrogens is 3. The minimum absolute atomic E-state index is 0. The monoisotopic (exact) mass is 339 g/mol. The van der Waals surface area contributed by atoms with Gasteiger partial charge in [-0.15, -0.1) is 12.4 Å². The van der Waals surface area contributed by atoms with Crippen LogP contribution in [0.4, 0.5) is 5.69 Å². The highest BCUT2D eigenvalue weighted by Gasteiger charge is 2.06. The Hall–Kier alpha value is -1.96. The summed E-state index contributed by atoms with van der Waals surface area (Å²) >= 11 is 0. The Balaban J connectivity index is 0.00000264. The molecule has 0 saturated carbocycles. The molecular weight excluding hydrogens is 318 g/mol. The lowest BCUT2D eigenvalue weighted by Crippen LogP contribution is -2.15. The van der Waals surface area contributed by atoms with E-state index in [2.05, 4.69) is 20.5 Å². The van der Waals surface area contributed by atoms with Crippen molar-refractivity contribution >= 4 is 24.0 Å². The van der Waals surface area contributed by atoms with Gasteiger partial charge in [0.05, 0.1) is 25.7 Å². The van der Waals surface area contributed by atoms with Gasteiger partial charge >= 0.3 is 0 Å². The predicted octanol–water partition coefficient (Wildman–Crippen LogP) is 2.11. The quantitative estimate of drug-likeness (QED) is 0.716. The number of nitrogens with two attached hydrogens (primary N) is 1. The molecule has 0 saturated heterocycles. The van der Waals surface area contributed by atoms with Gasteiger partial charge < -0.3 is 15.8 Å². The van der Waals surface area contributed by atoms with E-state index in [0.717, 1.165) is 11.3 Å². The SMILES string of the molecule is CC(C)OCCC(=O)Nc1ccc(-c2n[nH]c(CN)n2)cc1.Cl. The second kappa shape index (κ2) is 9.24. The van der Waals surface area contributed by atoms with E-state index in [1.165, 1.54) is 0 Å². The lowest BCUT2D eigenvalue weighted by molar-refractivity contribution is -0.117. The molecule has 1 aromatic carbocycles. The van der Waals surface area contributed by atoms with Crippen molar-refractivity contribution in [3.05, 3.63) is 30.1 Å². The molecule has 0 spiro atoms. The third-order valence-electron chi connectivity index (χ3n) is 2.93. The fraction of sp³-hybridized carbons (Fsp3) is 0.400. The lowest BCUT2D eigenvalue weighted by Gasteiger charge is -2.08. The molecule has 0 aliphatic carbocycles. The number of aromatic amines is 1. The number of hydrogen-bond acceptors (Lipinski definition) is 5. The molecule has 126 valence electrons. The number of halogens is 1. The third kappa shape index (κ3) is 5.97. The van der Waals surface area contributed by atoms with Gasteiger partial charge in [0.15, 0.2) is 5.82 Å². The van der Waals surface area contributed by atoms with Crippen LogP contribution >= 0.6 is 12.4 Å². The molecule has 0 aliphatic rings. The highest BCUT2D eigenvalue weighted by Crippen LogP contribution is 2.18. The van der Waals surface area contributed by atoms with Crippen LogP contribution in [-0.4, -0.2) is 33.8 Å². The first-order valence-electron chi connectivity index (χ1n) is 7.21. The average Bonchev–Trinajstić information content (AvgIpc) is 2.96. The van der Waals surface area contributed by atoms with Crippen LogP contribution in [0.2, 0.25) is 0 Å². The van der Waals surface area contributed by atoms with Gasteiger partial charge in [0.1, 0.15) is 5.82 Å². The first kappa shape index (κ1) is 19.1. The van der Waals surface area contributed by atoms with Gasteiger partial charge in [0, 0.05) is 11.3 Å². The summed E-state index contributed by atoms with van der Waals surface area (Å²) in [6.45, 7) is 4.62. The standard InChI is InChI=1S/C15H21N5O2.ClH/c1-10(2)22-8-7-14(21)17-12-5-3-11(4-6-12)15-18-13(9-16)19-20-15;/h3-6,10H,7-9,16H2,1-2H3,(H,17,21)(H,18,19,20);1H. The van der Waals surface area contributed by atoms with E-state index in [4.69, 9.17) is 10.5 Å². The Kier molecular flexibility index (Phi) is 7.67. The summed E-state index contributed by atoms with van der Waals surface area (Å²) in [7, 11) is 0. The van der Waals surface area contributed by atoms with Gasteiger partial charge in [-0.3, -0.25) is 9.89 Å². The van der Waals surface area contributed by atoms with Gasteiger partial charge in [-0.1, -0.05) is 0 Å². The number of ether oxygens (including phenoxy) is 1. The zero-order chi connectivity index (χ0) is 15.9. The zero-order valence-electron chi connectivity index (χ0n) is 13.2. The lowest BCUT2D eigenvalue weighted by atomic mass is 10.2. The normalized spacial score (nSPS) is 10.4. The molecule has 0 bridgehead atoms. The molecule has 23 heavy (non-hydrogen) atoms. The third-order valence-corrected chi connectivity index (χ3v) is 2.93. The highest BCUT2D eigenvalue weighted by molar-refractivity contribution is 5.91. The van der Waals surface area contributed by atoms with Crippen LogP contribution in [0, 0.1) is 0 Å². The van der Waals surface area contributed by atoms with Crippen molar-refractivity contribution in [2.75, 3.05) is 11.9 Å². The summed E-state index contributed by atoms with van der Waals surface area (Å²) in [5.41, 5.74) is 7.08. The van der Waals surface area contributed by atoms with Gasteiger partial charge in [0.2, 0.25) is 5.91 Å². The van der Waals surface area contributed by atoms with E-state index in [0.29, 0.717) is 31.2 Å². The molecule has 0 unspecified atom stereocenters. The maximum Gasteiger partial charge on any atom is 0.226 e. The Morgan fingerprint density at radius 2 is 2.04 bits per heavy atom. The number of carbonyl (C=O) groups is 1. The molecule has 0 radical (unpaired) electrons. The van der Waals surface area contributed by atoms with Gasteiger partial charge in [-0.2, -0.15) is 5.10 Å². The number of rotatable bonds is 7. The molecule has 1 amide bonds. The smallest absolute Gasteiger partial charge is 0.226 e. The summed E-state index contributed by atoms with van der Waals surface area (Å²) in [4.78, 5) is 16.0. The van der Waals surface area contributed by atoms with Crippen LogP contribution < -0.4 is 11.1 Å². The van der Waals surface area contributed by atoms with Crippen LogP contribution in [0.25, 0.3) is 11.4 Å². The second-order valence-corrected chi connectivity index (χ2v) is 5.10. The van der Waals surface area contributed by atoms with E-state index < -0.39 is 0 Å². The van der Waals surface area contributed by atoms with Crippen LogP contribution in [0.15, 0.2) is 24.3 Å². The minimum Gasteiger partial charge on any atom is -0.378 e. The highest BCUT2D eigenvalue weighted by atomic mass is 35.5. The van der Waals surface area contributed by atoms with Gasteiger partial charge in [0.25, 0.3) is 0 Å². The van der Waals surface area contributed by atoms with Crippen LogP contribution in [0.5, 0.6) is 0 Å². The average molecular weight is 340 g/mol. The van der Waals surface area contributed by atoms with Gasteiger partial charge in [-0.25, -0.2) is 4.98 Å². The molecule has 0 fully saturated rings. The molecule has 1 heterocycles. The Bertz CT molecular complexity index is 613. The van der Waals surface area contributed by atoms with Crippen LogP contribution in [0.3, 0.4) is 0 Å².